The van der Waals surface area contributed by atoms with Crippen LogP contribution in [0.25, 0.3) is 0 Å². The second-order valence-electron chi connectivity index (χ2n) is 6.40. The molecule has 1 fully saturated rings. The van der Waals surface area contributed by atoms with Gasteiger partial charge in [-0.2, -0.15) is 0 Å². The largest absolute Gasteiger partial charge is 0.393 e. The Morgan fingerprint density at radius 3 is 2.04 bits per heavy atom. The predicted molar refractivity (Wildman–Crippen MR) is 99.4 cm³/mol. The summed E-state index contributed by atoms with van der Waals surface area (Å²) in [5, 5.41) is 9.54. The number of nitrogens with zero attached hydrogens (tertiary/aromatic N) is 1. The second kappa shape index (κ2) is 8.00. The molecule has 1 aliphatic heterocycles. The molecule has 0 unspecified atom stereocenters. The van der Waals surface area contributed by atoms with E-state index < -0.39 is 0 Å². The summed E-state index contributed by atoms with van der Waals surface area (Å²) in [5.74, 6) is 6.33. The summed E-state index contributed by atoms with van der Waals surface area (Å²) >= 11 is 0. The van der Waals surface area contributed by atoms with E-state index in [9.17, 15) is 9.90 Å². The molecule has 0 spiro atoms. The van der Waals surface area contributed by atoms with Gasteiger partial charge in [0.15, 0.2) is 0 Å². The summed E-state index contributed by atoms with van der Waals surface area (Å²) in [4.78, 5) is 14.3. The van der Waals surface area contributed by atoms with E-state index in [1.54, 1.807) is 0 Å². The van der Waals surface area contributed by atoms with Gasteiger partial charge in [-0.05, 0) is 61.2 Å². The Balaban J connectivity index is 1.66. The Morgan fingerprint density at radius 1 is 1.00 bits per heavy atom. The van der Waals surface area contributed by atoms with Crippen molar-refractivity contribution in [3.8, 4) is 11.8 Å². The molecule has 1 saturated heterocycles. The van der Waals surface area contributed by atoms with Crippen molar-refractivity contribution in [2.75, 3.05) is 13.1 Å². The van der Waals surface area contributed by atoms with E-state index in [4.69, 9.17) is 0 Å². The second-order valence-corrected chi connectivity index (χ2v) is 6.40. The summed E-state index contributed by atoms with van der Waals surface area (Å²) < 4.78 is 0. The number of rotatable bonds is 2. The summed E-state index contributed by atoms with van der Waals surface area (Å²) in [6, 6.07) is 15.7. The number of carbonyl (C=O) groups is 1. The summed E-state index contributed by atoms with van der Waals surface area (Å²) in [6.45, 7) is 3.38. The van der Waals surface area contributed by atoms with Gasteiger partial charge in [0, 0.05) is 29.8 Å². The zero-order valence-corrected chi connectivity index (χ0v) is 14.5. The minimum atomic E-state index is -0.270. The predicted octanol–water partition coefficient (Wildman–Crippen LogP) is 3.25. The highest BCUT2D eigenvalue weighted by atomic mass is 16.3. The van der Waals surface area contributed by atoms with Crippen LogP contribution in [0.3, 0.4) is 0 Å². The lowest BCUT2D eigenvalue weighted by Gasteiger charge is -2.29. The number of piperidine rings is 1. The van der Waals surface area contributed by atoms with Crippen molar-refractivity contribution in [2.24, 2.45) is 0 Å². The lowest BCUT2D eigenvalue weighted by atomic mass is 10.1. The van der Waals surface area contributed by atoms with E-state index in [0.29, 0.717) is 31.5 Å². The lowest BCUT2D eigenvalue weighted by Crippen LogP contribution is -2.40. The average Bonchev–Trinajstić information content (AvgIpc) is 2.67. The van der Waals surface area contributed by atoms with Crippen molar-refractivity contribution < 1.29 is 9.90 Å². The van der Waals surface area contributed by atoms with Crippen molar-refractivity contribution in [1.29, 1.82) is 0 Å². The molecule has 3 nitrogen and oxygen atoms in total. The zero-order valence-electron chi connectivity index (χ0n) is 14.5. The molecule has 0 atom stereocenters. The maximum Gasteiger partial charge on any atom is 0.253 e. The Bertz CT molecular complexity index is 774. The number of hydrogen-bond acceptors (Lipinski definition) is 2. The van der Waals surface area contributed by atoms with Gasteiger partial charge in [0.1, 0.15) is 0 Å². The highest BCUT2D eigenvalue weighted by Gasteiger charge is 2.21. The summed E-state index contributed by atoms with van der Waals surface area (Å²) in [7, 11) is 0. The van der Waals surface area contributed by atoms with Crippen LogP contribution in [0.2, 0.25) is 0 Å². The summed E-state index contributed by atoms with van der Waals surface area (Å²) in [5.41, 5.74) is 3.86. The van der Waals surface area contributed by atoms with E-state index >= 15 is 0 Å². The first-order valence-corrected chi connectivity index (χ1v) is 8.84. The van der Waals surface area contributed by atoms with Crippen molar-refractivity contribution >= 4 is 5.91 Å². The fourth-order valence-corrected chi connectivity index (χ4v) is 2.92. The Morgan fingerprint density at radius 2 is 1.52 bits per heavy atom. The highest BCUT2D eigenvalue weighted by Crippen LogP contribution is 2.14. The SMILES string of the molecule is CCc1ccc(C#Cc2ccc(C(=O)N3CCC(O)CC3)cc2)cc1. The number of aliphatic hydroxyl groups is 1. The molecule has 0 radical (unpaired) electrons. The molecule has 1 N–H and O–H groups in total. The van der Waals surface area contributed by atoms with Gasteiger partial charge in [-0.3, -0.25) is 4.79 Å². The maximum atomic E-state index is 12.5. The van der Waals surface area contributed by atoms with E-state index in [2.05, 4.69) is 30.9 Å². The molecule has 1 amide bonds. The Labute approximate surface area is 149 Å². The fourth-order valence-electron chi connectivity index (χ4n) is 2.92. The molecule has 0 aromatic heterocycles. The average molecular weight is 333 g/mol. The van der Waals surface area contributed by atoms with Gasteiger partial charge in [-0.25, -0.2) is 0 Å². The van der Waals surface area contributed by atoms with Gasteiger partial charge < -0.3 is 10.0 Å². The molecule has 1 heterocycles. The molecule has 128 valence electrons. The Kier molecular flexibility index (Phi) is 5.53. The number of carbonyl (C=O) groups excluding carboxylic acids is 1. The molecule has 3 rings (SSSR count). The molecular weight excluding hydrogens is 310 g/mol. The zero-order chi connectivity index (χ0) is 17.6. The first kappa shape index (κ1) is 17.3. The van der Waals surface area contributed by atoms with E-state index in [1.165, 1.54) is 5.56 Å². The van der Waals surface area contributed by atoms with Crippen LogP contribution in [0.5, 0.6) is 0 Å². The van der Waals surface area contributed by atoms with Crippen LogP contribution >= 0.6 is 0 Å². The summed E-state index contributed by atoms with van der Waals surface area (Å²) in [6.07, 6.45) is 2.07. The van der Waals surface area contributed by atoms with Crippen LogP contribution in [-0.4, -0.2) is 35.1 Å². The van der Waals surface area contributed by atoms with Crippen LogP contribution < -0.4 is 0 Å². The molecule has 0 bridgehead atoms. The van der Waals surface area contributed by atoms with Gasteiger partial charge in [0.25, 0.3) is 5.91 Å². The normalized spacial score (nSPS) is 14.7. The third kappa shape index (κ3) is 4.49. The van der Waals surface area contributed by atoms with E-state index in [0.717, 1.165) is 17.5 Å². The topological polar surface area (TPSA) is 40.5 Å². The van der Waals surface area contributed by atoms with Crippen LogP contribution in [-0.2, 0) is 6.42 Å². The molecule has 25 heavy (non-hydrogen) atoms. The van der Waals surface area contributed by atoms with Gasteiger partial charge >= 0.3 is 0 Å². The van der Waals surface area contributed by atoms with Gasteiger partial charge in [-0.1, -0.05) is 30.9 Å². The first-order valence-electron chi connectivity index (χ1n) is 8.84. The minimum absolute atomic E-state index is 0.0292. The van der Waals surface area contributed by atoms with Crippen molar-refractivity contribution in [2.45, 2.75) is 32.3 Å². The number of aliphatic hydroxyl groups excluding tert-OH is 1. The third-order valence-corrected chi connectivity index (χ3v) is 4.60. The maximum absolute atomic E-state index is 12.5. The lowest BCUT2D eigenvalue weighted by molar-refractivity contribution is 0.0546. The molecule has 2 aromatic rings. The fraction of sp³-hybridized carbons (Fsp3) is 0.318. The number of benzene rings is 2. The monoisotopic (exact) mass is 333 g/mol. The van der Waals surface area contributed by atoms with Gasteiger partial charge in [-0.15, -0.1) is 0 Å². The van der Waals surface area contributed by atoms with E-state index in [1.807, 2.05) is 41.3 Å². The number of amides is 1. The number of hydrogen-bond donors (Lipinski definition) is 1. The molecule has 3 heteroatoms. The number of likely N-dealkylation sites (tertiary alicyclic amines) is 1. The van der Waals surface area contributed by atoms with E-state index in [-0.39, 0.29) is 12.0 Å². The highest BCUT2D eigenvalue weighted by molar-refractivity contribution is 5.94. The smallest absolute Gasteiger partial charge is 0.253 e. The molecule has 0 saturated carbocycles. The van der Waals surface area contributed by atoms with Crippen LogP contribution in [0.1, 0.15) is 46.8 Å². The van der Waals surface area contributed by atoms with Crippen molar-refractivity contribution in [1.82, 2.24) is 4.90 Å². The van der Waals surface area contributed by atoms with Gasteiger partial charge in [0.05, 0.1) is 6.10 Å². The standard InChI is InChI=1S/C22H23NO2/c1-2-17-3-5-18(6-4-17)7-8-19-9-11-20(12-10-19)22(25)23-15-13-21(24)14-16-23/h3-6,9-12,21,24H,2,13-16H2,1H3. The van der Waals surface area contributed by atoms with Crippen LogP contribution in [0.4, 0.5) is 0 Å². The van der Waals surface area contributed by atoms with Crippen molar-refractivity contribution in [3.05, 3.63) is 70.8 Å². The Hall–Kier alpha value is -2.57. The molecule has 2 aromatic carbocycles. The van der Waals surface area contributed by atoms with Gasteiger partial charge in [0.2, 0.25) is 0 Å². The number of aryl methyl sites for hydroxylation is 1. The molecule has 1 aliphatic rings. The van der Waals surface area contributed by atoms with Crippen LogP contribution in [0, 0.1) is 11.8 Å². The third-order valence-electron chi connectivity index (χ3n) is 4.60. The molecule has 0 aliphatic carbocycles. The van der Waals surface area contributed by atoms with Crippen LogP contribution in [0.15, 0.2) is 48.5 Å². The van der Waals surface area contributed by atoms with Crippen molar-refractivity contribution in [3.63, 3.8) is 0 Å². The molecular formula is C22H23NO2. The minimum Gasteiger partial charge on any atom is -0.393 e. The quantitative estimate of drug-likeness (QED) is 0.857. The first-order chi connectivity index (χ1) is 12.2.